The van der Waals surface area contributed by atoms with Crippen molar-refractivity contribution in [3.05, 3.63) is 236 Å². The number of rotatable bonds is 7. The van der Waals surface area contributed by atoms with E-state index in [1.165, 1.54) is 88.3 Å². The number of hydrogen-bond donors (Lipinski definition) is 0. The van der Waals surface area contributed by atoms with Crippen LogP contribution in [0.25, 0.3) is 77.2 Å². The van der Waals surface area contributed by atoms with Crippen molar-refractivity contribution in [1.82, 2.24) is 0 Å². The van der Waals surface area contributed by atoms with E-state index in [0.29, 0.717) is 0 Å². The zero-order valence-electron chi connectivity index (χ0n) is 33.8. The minimum absolute atomic E-state index is 0.105. The Bertz CT molecular complexity index is 3210. The summed E-state index contributed by atoms with van der Waals surface area (Å²) in [5.74, 6) is 0. The molecule has 10 aromatic carbocycles. The predicted molar refractivity (Wildman–Crippen MR) is 255 cm³/mol. The van der Waals surface area contributed by atoms with Crippen molar-refractivity contribution >= 4 is 38.6 Å². The molecule has 0 aromatic heterocycles. The van der Waals surface area contributed by atoms with Crippen LogP contribution in [0.3, 0.4) is 0 Å². The molecule has 0 spiro atoms. The molecule has 0 atom stereocenters. The van der Waals surface area contributed by atoms with Gasteiger partial charge in [0.1, 0.15) is 0 Å². The van der Waals surface area contributed by atoms with Gasteiger partial charge in [-0.3, -0.25) is 0 Å². The van der Waals surface area contributed by atoms with Crippen LogP contribution in [0.1, 0.15) is 25.0 Å². The van der Waals surface area contributed by atoms with Crippen LogP contribution >= 0.6 is 0 Å². The number of anilines is 3. The Labute approximate surface area is 352 Å². The van der Waals surface area contributed by atoms with Gasteiger partial charge in [-0.15, -0.1) is 0 Å². The van der Waals surface area contributed by atoms with E-state index in [-0.39, 0.29) is 5.41 Å². The molecule has 0 saturated carbocycles. The largest absolute Gasteiger partial charge is 0.310 e. The average Bonchev–Trinajstić information content (AvgIpc) is 3.55. The Balaban J connectivity index is 1.10. The van der Waals surface area contributed by atoms with Crippen molar-refractivity contribution in [2.45, 2.75) is 19.3 Å². The summed E-state index contributed by atoms with van der Waals surface area (Å²) in [5.41, 5.74) is 18.3. The maximum atomic E-state index is 2.45. The second-order valence-electron chi connectivity index (χ2n) is 16.5. The van der Waals surface area contributed by atoms with Crippen LogP contribution in [-0.2, 0) is 5.41 Å². The van der Waals surface area contributed by atoms with Crippen LogP contribution < -0.4 is 4.90 Å². The highest BCUT2D eigenvalue weighted by Gasteiger charge is 2.37. The SMILES string of the molecule is CC1(C)c2ccccc2-c2cccc(-c3ccc(N(c4ccc(-c5ccccc5)cc4)c4cc(-c5ccc6ccccc6c5)ccc4-c4ccc5ccccc5c4)cc3)c21. The summed E-state index contributed by atoms with van der Waals surface area (Å²) in [6.45, 7) is 4.74. The highest BCUT2D eigenvalue weighted by atomic mass is 15.1. The Kier molecular flexibility index (Phi) is 8.57. The summed E-state index contributed by atoms with van der Waals surface area (Å²) in [6, 6.07) is 82.5. The van der Waals surface area contributed by atoms with Crippen molar-refractivity contribution in [1.29, 1.82) is 0 Å². The Morgan fingerprint density at radius 2 is 0.783 bits per heavy atom. The molecule has 10 aromatic rings. The third-order valence-corrected chi connectivity index (χ3v) is 12.6. The highest BCUT2D eigenvalue weighted by Crippen LogP contribution is 2.52. The molecule has 0 aliphatic heterocycles. The molecule has 0 N–H and O–H groups in total. The molecular formula is C59H43N. The molecule has 0 radical (unpaired) electrons. The summed E-state index contributed by atoms with van der Waals surface area (Å²) >= 11 is 0. The van der Waals surface area contributed by atoms with E-state index < -0.39 is 0 Å². The summed E-state index contributed by atoms with van der Waals surface area (Å²) in [7, 11) is 0. The minimum atomic E-state index is -0.105. The van der Waals surface area contributed by atoms with Crippen molar-refractivity contribution in [3.63, 3.8) is 0 Å². The van der Waals surface area contributed by atoms with Gasteiger partial charge in [0.2, 0.25) is 0 Å². The first-order chi connectivity index (χ1) is 29.5. The first-order valence-corrected chi connectivity index (χ1v) is 20.9. The molecule has 0 fully saturated rings. The molecule has 60 heavy (non-hydrogen) atoms. The second kappa shape index (κ2) is 14.4. The average molecular weight is 766 g/mol. The standard InChI is InChI=1S/C59H43N/c1-59(2)56-22-11-10-19-54(56)55-21-12-20-53(58(55)59)44-29-34-51(35-30-44)60(50-32-27-43(28-33-50)40-13-4-3-5-14-40)57-39-48(47-25-23-41-15-6-8-17-45(41)37-47)31-36-52(57)49-26-24-42-16-7-9-18-46(42)38-49/h3-39H,1-2H3. The molecule has 1 aliphatic carbocycles. The van der Waals surface area contributed by atoms with Crippen LogP contribution in [0.4, 0.5) is 17.1 Å². The van der Waals surface area contributed by atoms with Gasteiger partial charge in [-0.05, 0) is 125 Å². The van der Waals surface area contributed by atoms with Crippen molar-refractivity contribution in [2.75, 3.05) is 4.90 Å². The molecular weight excluding hydrogens is 723 g/mol. The van der Waals surface area contributed by atoms with Crippen LogP contribution in [0.2, 0.25) is 0 Å². The molecule has 1 heteroatoms. The van der Waals surface area contributed by atoms with Gasteiger partial charge in [-0.2, -0.15) is 0 Å². The number of fused-ring (bicyclic) bond motifs is 5. The molecule has 0 amide bonds. The number of benzene rings is 10. The second-order valence-corrected chi connectivity index (χ2v) is 16.5. The van der Waals surface area contributed by atoms with Crippen LogP contribution in [0.5, 0.6) is 0 Å². The summed E-state index contributed by atoms with van der Waals surface area (Å²) in [4.78, 5) is 2.45. The zero-order chi connectivity index (χ0) is 40.2. The first-order valence-electron chi connectivity index (χ1n) is 20.9. The Hall–Kier alpha value is -7.48. The van der Waals surface area contributed by atoms with Gasteiger partial charge in [-0.1, -0.05) is 196 Å². The van der Waals surface area contributed by atoms with E-state index in [1.54, 1.807) is 0 Å². The van der Waals surface area contributed by atoms with E-state index >= 15 is 0 Å². The highest BCUT2D eigenvalue weighted by molar-refractivity contribution is 5.96. The first kappa shape index (κ1) is 35.7. The van der Waals surface area contributed by atoms with Crippen LogP contribution in [-0.4, -0.2) is 0 Å². The molecule has 0 heterocycles. The van der Waals surface area contributed by atoms with Gasteiger partial charge in [-0.25, -0.2) is 0 Å². The number of nitrogens with zero attached hydrogens (tertiary/aromatic N) is 1. The lowest BCUT2D eigenvalue weighted by molar-refractivity contribution is 0.662. The molecule has 11 rings (SSSR count). The van der Waals surface area contributed by atoms with E-state index in [2.05, 4.69) is 243 Å². The molecule has 1 nitrogen and oxygen atoms in total. The van der Waals surface area contributed by atoms with Crippen molar-refractivity contribution in [3.8, 4) is 55.6 Å². The quantitative estimate of drug-likeness (QED) is 0.156. The lowest BCUT2D eigenvalue weighted by atomic mass is 9.79. The number of hydrogen-bond acceptors (Lipinski definition) is 1. The monoisotopic (exact) mass is 765 g/mol. The molecule has 0 bridgehead atoms. The fourth-order valence-corrected chi connectivity index (χ4v) is 9.61. The molecule has 0 unspecified atom stereocenters. The predicted octanol–water partition coefficient (Wildman–Crippen LogP) is 16.4. The van der Waals surface area contributed by atoms with Gasteiger partial charge < -0.3 is 4.90 Å². The summed E-state index contributed by atoms with van der Waals surface area (Å²) in [5, 5.41) is 4.94. The summed E-state index contributed by atoms with van der Waals surface area (Å²) in [6.07, 6.45) is 0. The lowest BCUT2D eigenvalue weighted by Gasteiger charge is -2.29. The van der Waals surface area contributed by atoms with E-state index in [4.69, 9.17) is 0 Å². The maximum absolute atomic E-state index is 2.45. The molecule has 284 valence electrons. The minimum Gasteiger partial charge on any atom is -0.310 e. The third-order valence-electron chi connectivity index (χ3n) is 12.6. The van der Waals surface area contributed by atoms with Crippen molar-refractivity contribution < 1.29 is 0 Å². The smallest absolute Gasteiger partial charge is 0.0546 e. The van der Waals surface area contributed by atoms with Crippen LogP contribution in [0.15, 0.2) is 224 Å². The Morgan fingerprint density at radius 1 is 0.300 bits per heavy atom. The topological polar surface area (TPSA) is 3.24 Å². The third kappa shape index (κ3) is 6.10. The van der Waals surface area contributed by atoms with E-state index in [9.17, 15) is 0 Å². The van der Waals surface area contributed by atoms with E-state index in [1.807, 2.05) is 0 Å². The van der Waals surface area contributed by atoms with Crippen molar-refractivity contribution in [2.24, 2.45) is 0 Å². The molecule has 1 aliphatic rings. The van der Waals surface area contributed by atoms with Gasteiger partial charge in [0.15, 0.2) is 0 Å². The lowest BCUT2D eigenvalue weighted by Crippen LogP contribution is -2.16. The summed E-state index contributed by atoms with van der Waals surface area (Å²) < 4.78 is 0. The Morgan fingerprint density at radius 3 is 1.48 bits per heavy atom. The van der Waals surface area contributed by atoms with E-state index in [0.717, 1.165) is 17.1 Å². The fourth-order valence-electron chi connectivity index (χ4n) is 9.61. The fraction of sp³-hybridized carbons (Fsp3) is 0.0508. The van der Waals surface area contributed by atoms with Gasteiger partial charge in [0, 0.05) is 22.4 Å². The maximum Gasteiger partial charge on any atom is 0.0546 e. The van der Waals surface area contributed by atoms with Gasteiger partial charge in [0.05, 0.1) is 5.69 Å². The van der Waals surface area contributed by atoms with Gasteiger partial charge in [0.25, 0.3) is 0 Å². The normalized spacial score (nSPS) is 12.6. The zero-order valence-corrected chi connectivity index (χ0v) is 33.8. The molecule has 0 saturated heterocycles. The van der Waals surface area contributed by atoms with Gasteiger partial charge >= 0.3 is 0 Å². The van der Waals surface area contributed by atoms with Crippen LogP contribution in [0, 0.1) is 0 Å².